The molecule has 0 fully saturated rings. The van der Waals surface area contributed by atoms with Crippen LogP contribution in [0, 0.1) is 10.5 Å². The van der Waals surface area contributed by atoms with Gasteiger partial charge in [0.1, 0.15) is 11.6 Å². The summed E-state index contributed by atoms with van der Waals surface area (Å²) in [5.74, 6) is 1.36. The minimum atomic E-state index is -0.108. The van der Waals surface area contributed by atoms with Crippen LogP contribution in [0.3, 0.4) is 0 Å². The van der Waals surface area contributed by atoms with Crippen molar-refractivity contribution in [2.24, 2.45) is 0 Å². The third kappa shape index (κ3) is 3.34. The maximum Gasteiger partial charge on any atom is 0.264 e. The highest BCUT2D eigenvalue weighted by Gasteiger charge is 2.07. The van der Waals surface area contributed by atoms with Crippen LogP contribution in [0.2, 0.25) is 0 Å². The van der Waals surface area contributed by atoms with Crippen LogP contribution in [0.4, 0.5) is 0 Å². The van der Waals surface area contributed by atoms with Crippen molar-refractivity contribution in [2.75, 3.05) is 6.61 Å². The quantitative estimate of drug-likeness (QED) is 0.842. The zero-order chi connectivity index (χ0) is 13.8. The van der Waals surface area contributed by atoms with Crippen LogP contribution in [0.5, 0.6) is 5.75 Å². The topological polar surface area (TPSA) is 55.0 Å². The fourth-order valence-electron chi connectivity index (χ4n) is 1.66. The monoisotopic (exact) mass is 370 g/mol. The number of nitrogens with one attached hydrogen (secondary N) is 1. The molecule has 1 aromatic carbocycles. The van der Waals surface area contributed by atoms with Gasteiger partial charge in [-0.15, -0.1) is 0 Å². The molecule has 0 spiro atoms. The van der Waals surface area contributed by atoms with Crippen molar-refractivity contribution in [3.8, 4) is 17.1 Å². The van der Waals surface area contributed by atoms with Gasteiger partial charge in [-0.3, -0.25) is 4.79 Å². The van der Waals surface area contributed by atoms with E-state index in [2.05, 4.69) is 16.9 Å². The molecule has 0 aliphatic rings. The summed E-state index contributed by atoms with van der Waals surface area (Å²) in [6.07, 6.45) is 0.960. The van der Waals surface area contributed by atoms with Crippen LogP contribution in [0.1, 0.15) is 19.0 Å². The van der Waals surface area contributed by atoms with Crippen molar-refractivity contribution in [3.63, 3.8) is 0 Å². The molecular formula is C14H15IN2O2. The Bertz CT molecular complexity index is 638. The average molecular weight is 370 g/mol. The van der Waals surface area contributed by atoms with E-state index in [-0.39, 0.29) is 5.56 Å². The number of H-pyrrole nitrogens is 1. The number of rotatable bonds is 4. The molecule has 100 valence electrons. The SMILES string of the molecule is CCCOc1cccc(-c2nc(C)c(I)c(=O)[nH]2)c1. The molecule has 0 atom stereocenters. The van der Waals surface area contributed by atoms with Gasteiger partial charge in [0.25, 0.3) is 5.56 Å². The van der Waals surface area contributed by atoms with Gasteiger partial charge in [0.15, 0.2) is 0 Å². The summed E-state index contributed by atoms with van der Waals surface area (Å²) < 4.78 is 6.20. The van der Waals surface area contributed by atoms with Gasteiger partial charge < -0.3 is 9.72 Å². The Balaban J connectivity index is 2.39. The van der Waals surface area contributed by atoms with Crippen LogP contribution in [-0.2, 0) is 0 Å². The third-order valence-electron chi connectivity index (χ3n) is 2.61. The molecule has 0 aliphatic heterocycles. The Morgan fingerprint density at radius 1 is 1.42 bits per heavy atom. The molecule has 1 N–H and O–H groups in total. The molecule has 0 radical (unpaired) electrons. The number of halogens is 1. The van der Waals surface area contributed by atoms with E-state index in [1.54, 1.807) is 0 Å². The molecule has 1 heterocycles. The number of nitrogens with zero attached hydrogens (tertiary/aromatic N) is 1. The van der Waals surface area contributed by atoms with Crippen LogP contribution >= 0.6 is 22.6 Å². The maximum atomic E-state index is 11.8. The second-order valence-corrected chi connectivity index (χ2v) is 5.27. The molecule has 0 aliphatic carbocycles. The standard InChI is InChI=1S/C14H15IN2O2/c1-3-7-19-11-6-4-5-10(8-11)13-16-9(2)12(15)14(18)17-13/h4-6,8H,3,7H2,1-2H3,(H,16,17,18). The molecule has 1 aromatic heterocycles. The minimum Gasteiger partial charge on any atom is -0.494 e. The van der Waals surface area contributed by atoms with E-state index in [9.17, 15) is 4.79 Å². The first-order chi connectivity index (χ1) is 9.11. The van der Waals surface area contributed by atoms with Gasteiger partial charge in [-0.25, -0.2) is 4.98 Å². The Hall–Kier alpha value is -1.37. The number of aromatic amines is 1. The van der Waals surface area contributed by atoms with Crippen molar-refractivity contribution in [2.45, 2.75) is 20.3 Å². The van der Waals surface area contributed by atoms with E-state index in [1.165, 1.54) is 0 Å². The van der Waals surface area contributed by atoms with E-state index >= 15 is 0 Å². The zero-order valence-corrected chi connectivity index (χ0v) is 13.0. The maximum absolute atomic E-state index is 11.8. The summed E-state index contributed by atoms with van der Waals surface area (Å²) in [6.45, 7) is 4.57. The molecule has 0 unspecified atom stereocenters. The first-order valence-electron chi connectivity index (χ1n) is 6.11. The molecule has 2 rings (SSSR count). The van der Waals surface area contributed by atoms with E-state index in [1.807, 2.05) is 53.8 Å². The number of hydrogen-bond acceptors (Lipinski definition) is 3. The van der Waals surface area contributed by atoms with Crippen LogP contribution < -0.4 is 10.3 Å². The summed E-state index contributed by atoms with van der Waals surface area (Å²) >= 11 is 2.00. The number of ether oxygens (including phenoxy) is 1. The first kappa shape index (κ1) is 14.0. The molecule has 19 heavy (non-hydrogen) atoms. The highest BCUT2D eigenvalue weighted by atomic mass is 127. The summed E-state index contributed by atoms with van der Waals surface area (Å²) in [4.78, 5) is 18.9. The third-order valence-corrected chi connectivity index (χ3v) is 3.88. The van der Waals surface area contributed by atoms with Crippen LogP contribution in [0.15, 0.2) is 29.1 Å². The number of hydrogen-bond donors (Lipinski definition) is 1. The lowest BCUT2D eigenvalue weighted by Crippen LogP contribution is -2.14. The molecule has 0 amide bonds. The van der Waals surface area contributed by atoms with E-state index < -0.39 is 0 Å². The predicted octanol–water partition coefficient (Wildman–Crippen LogP) is 3.14. The summed E-state index contributed by atoms with van der Waals surface area (Å²) in [5, 5.41) is 0. The number of aryl methyl sites for hydroxylation is 1. The zero-order valence-electron chi connectivity index (χ0n) is 10.9. The van der Waals surface area contributed by atoms with Crippen molar-refractivity contribution in [1.29, 1.82) is 0 Å². The lowest BCUT2D eigenvalue weighted by atomic mass is 10.2. The highest BCUT2D eigenvalue weighted by Crippen LogP contribution is 2.21. The Kier molecular flexibility index (Phi) is 4.57. The van der Waals surface area contributed by atoms with Crippen molar-refractivity contribution in [1.82, 2.24) is 9.97 Å². The largest absolute Gasteiger partial charge is 0.494 e. The molecule has 2 aromatic rings. The smallest absolute Gasteiger partial charge is 0.264 e. The van der Waals surface area contributed by atoms with Crippen molar-refractivity contribution in [3.05, 3.63) is 43.9 Å². The van der Waals surface area contributed by atoms with Gasteiger partial charge >= 0.3 is 0 Å². The lowest BCUT2D eigenvalue weighted by Gasteiger charge is -2.07. The van der Waals surface area contributed by atoms with Gasteiger partial charge in [-0.1, -0.05) is 19.1 Å². The van der Waals surface area contributed by atoms with E-state index in [4.69, 9.17) is 4.74 Å². The summed E-state index contributed by atoms with van der Waals surface area (Å²) in [7, 11) is 0. The fourth-order valence-corrected chi connectivity index (χ4v) is 1.92. The van der Waals surface area contributed by atoms with E-state index in [0.29, 0.717) is 16.0 Å². The predicted molar refractivity (Wildman–Crippen MR) is 83.5 cm³/mol. The average Bonchev–Trinajstić information content (AvgIpc) is 2.42. The summed E-state index contributed by atoms with van der Waals surface area (Å²) in [5.41, 5.74) is 1.48. The molecule has 5 heteroatoms. The second-order valence-electron chi connectivity index (χ2n) is 4.19. The molecular weight excluding hydrogens is 355 g/mol. The second kappa shape index (κ2) is 6.18. The van der Waals surface area contributed by atoms with E-state index in [0.717, 1.165) is 23.4 Å². The molecule has 4 nitrogen and oxygen atoms in total. The molecule has 0 saturated carbocycles. The highest BCUT2D eigenvalue weighted by molar-refractivity contribution is 14.1. The van der Waals surface area contributed by atoms with Gasteiger partial charge in [0, 0.05) is 5.56 Å². The van der Waals surface area contributed by atoms with Crippen LogP contribution in [-0.4, -0.2) is 16.6 Å². The lowest BCUT2D eigenvalue weighted by molar-refractivity contribution is 0.317. The summed E-state index contributed by atoms with van der Waals surface area (Å²) in [6, 6.07) is 7.59. The van der Waals surface area contributed by atoms with Gasteiger partial charge in [0.2, 0.25) is 0 Å². The van der Waals surface area contributed by atoms with Gasteiger partial charge in [-0.2, -0.15) is 0 Å². The Morgan fingerprint density at radius 3 is 2.89 bits per heavy atom. The number of benzene rings is 1. The minimum absolute atomic E-state index is 0.108. The Morgan fingerprint density at radius 2 is 2.21 bits per heavy atom. The van der Waals surface area contributed by atoms with Gasteiger partial charge in [-0.05, 0) is 48.1 Å². The fraction of sp³-hybridized carbons (Fsp3) is 0.286. The Labute approximate surface area is 125 Å². The van der Waals surface area contributed by atoms with Crippen LogP contribution in [0.25, 0.3) is 11.4 Å². The molecule has 0 saturated heterocycles. The van der Waals surface area contributed by atoms with Gasteiger partial charge in [0.05, 0.1) is 15.9 Å². The first-order valence-corrected chi connectivity index (χ1v) is 7.19. The normalized spacial score (nSPS) is 10.5. The van der Waals surface area contributed by atoms with Crippen molar-refractivity contribution < 1.29 is 4.74 Å². The molecule has 0 bridgehead atoms. The van der Waals surface area contributed by atoms with Crippen molar-refractivity contribution >= 4 is 22.6 Å². The number of aromatic nitrogens is 2.